The molecule has 0 aromatic rings. The number of rotatable bonds is 7. The van der Waals surface area contributed by atoms with Crippen molar-refractivity contribution in [2.45, 2.75) is 19.4 Å². The van der Waals surface area contributed by atoms with Crippen LogP contribution in [0.15, 0.2) is 12.7 Å². The zero-order valence-corrected chi connectivity index (χ0v) is 11.0. The van der Waals surface area contributed by atoms with Gasteiger partial charge in [0, 0.05) is 6.08 Å². The standard InChI is InChI=1S/C6H10O2.C3H9O6P/c1-3-5-8-6(7)4-2;4-1-3(5)2-9-10(6,7)8/h4H,2-3,5H2,1H3;3-5H,1-2H2,(H2,6,7,8). The molecule has 18 heavy (non-hydrogen) atoms. The van der Waals surface area contributed by atoms with Crippen LogP contribution in [0.4, 0.5) is 0 Å². The van der Waals surface area contributed by atoms with Crippen molar-refractivity contribution in [1.29, 1.82) is 0 Å². The molecule has 0 aliphatic carbocycles. The minimum atomic E-state index is -4.50. The Morgan fingerprint density at radius 1 is 1.50 bits per heavy atom. The Morgan fingerprint density at radius 2 is 2.06 bits per heavy atom. The summed E-state index contributed by atoms with van der Waals surface area (Å²) in [6, 6.07) is 0. The molecule has 0 aromatic heterocycles. The molecule has 4 N–H and O–H groups in total. The summed E-state index contributed by atoms with van der Waals surface area (Å²) in [5, 5.41) is 16.7. The van der Waals surface area contributed by atoms with Crippen molar-refractivity contribution in [2.75, 3.05) is 19.8 Å². The first-order valence-electron chi connectivity index (χ1n) is 5.05. The fraction of sp³-hybridized carbons (Fsp3) is 0.667. The highest BCUT2D eigenvalue weighted by Crippen LogP contribution is 2.35. The lowest BCUT2D eigenvalue weighted by Gasteiger charge is -2.07. The molecule has 8 nitrogen and oxygen atoms in total. The lowest BCUT2D eigenvalue weighted by molar-refractivity contribution is -0.137. The van der Waals surface area contributed by atoms with Crippen LogP contribution in [-0.4, -0.2) is 51.9 Å². The monoisotopic (exact) mass is 286 g/mol. The van der Waals surface area contributed by atoms with Gasteiger partial charge in [-0.3, -0.25) is 4.52 Å². The van der Waals surface area contributed by atoms with Crippen molar-refractivity contribution in [3.05, 3.63) is 12.7 Å². The van der Waals surface area contributed by atoms with Crippen LogP contribution >= 0.6 is 7.82 Å². The molecule has 9 heteroatoms. The highest BCUT2D eigenvalue weighted by molar-refractivity contribution is 7.46. The smallest absolute Gasteiger partial charge is 0.463 e. The van der Waals surface area contributed by atoms with Crippen LogP contribution in [0.1, 0.15) is 13.3 Å². The molecule has 0 aromatic carbocycles. The number of ether oxygens (including phenoxy) is 1. The van der Waals surface area contributed by atoms with Gasteiger partial charge >= 0.3 is 13.8 Å². The Balaban J connectivity index is 0. The maximum absolute atomic E-state index is 10.2. The number of carbonyl (C=O) groups is 1. The number of aliphatic hydroxyl groups is 2. The van der Waals surface area contributed by atoms with Gasteiger partial charge in [0.2, 0.25) is 0 Å². The van der Waals surface area contributed by atoms with Gasteiger partial charge in [0.15, 0.2) is 0 Å². The van der Waals surface area contributed by atoms with Crippen molar-refractivity contribution < 1.29 is 38.6 Å². The van der Waals surface area contributed by atoms with Crippen molar-refractivity contribution in [1.82, 2.24) is 0 Å². The number of phosphoric acid groups is 1. The average Bonchev–Trinajstić information content (AvgIpc) is 2.32. The van der Waals surface area contributed by atoms with Crippen LogP contribution < -0.4 is 0 Å². The summed E-state index contributed by atoms with van der Waals surface area (Å²) in [4.78, 5) is 26.3. The first-order chi connectivity index (χ1) is 8.26. The normalized spacial score (nSPS) is 12.1. The number of phosphoric ester groups is 1. The van der Waals surface area contributed by atoms with Crippen LogP contribution in [0.3, 0.4) is 0 Å². The van der Waals surface area contributed by atoms with Crippen molar-refractivity contribution in [2.24, 2.45) is 0 Å². The van der Waals surface area contributed by atoms with E-state index in [1.165, 1.54) is 0 Å². The lowest BCUT2D eigenvalue weighted by atomic mass is 10.4. The van der Waals surface area contributed by atoms with E-state index < -0.39 is 27.1 Å². The summed E-state index contributed by atoms with van der Waals surface area (Å²) in [7, 11) is -4.50. The van der Waals surface area contributed by atoms with Crippen LogP contribution in [0.25, 0.3) is 0 Å². The van der Waals surface area contributed by atoms with Gasteiger partial charge in [0.25, 0.3) is 0 Å². The molecule has 0 radical (unpaired) electrons. The maximum Gasteiger partial charge on any atom is 0.469 e. The van der Waals surface area contributed by atoms with Crippen LogP contribution in [-0.2, 0) is 18.6 Å². The van der Waals surface area contributed by atoms with Gasteiger partial charge in [0.05, 0.1) is 19.8 Å². The summed E-state index contributed by atoms with van der Waals surface area (Å²) >= 11 is 0. The molecule has 108 valence electrons. The van der Waals surface area contributed by atoms with E-state index in [0.29, 0.717) is 6.61 Å². The number of hydrogen-bond acceptors (Lipinski definition) is 6. The zero-order chi connectivity index (χ0) is 14.6. The van der Waals surface area contributed by atoms with Crippen molar-refractivity contribution >= 4 is 13.8 Å². The summed E-state index contributed by atoms with van der Waals surface area (Å²) in [6.07, 6.45) is 0.780. The molecule has 0 aliphatic heterocycles. The number of esters is 1. The molecule has 0 aliphatic rings. The summed E-state index contributed by atoms with van der Waals surface area (Å²) < 4.78 is 18.4. The third-order valence-corrected chi connectivity index (χ3v) is 1.75. The van der Waals surface area contributed by atoms with E-state index in [-0.39, 0.29) is 5.97 Å². The molecule has 0 spiro atoms. The molecule has 0 bridgehead atoms. The molecule has 0 heterocycles. The Bertz CT molecular complexity index is 274. The third-order valence-electron chi connectivity index (χ3n) is 1.26. The van der Waals surface area contributed by atoms with E-state index in [1.807, 2.05) is 6.92 Å². The van der Waals surface area contributed by atoms with Gasteiger partial charge in [-0.15, -0.1) is 0 Å². The molecular formula is C9H19O8P. The van der Waals surface area contributed by atoms with Crippen LogP contribution in [0, 0.1) is 0 Å². The molecule has 1 unspecified atom stereocenters. The zero-order valence-electron chi connectivity index (χ0n) is 10.1. The van der Waals surface area contributed by atoms with Crippen molar-refractivity contribution in [3.63, 3.8) is 0 Å². The minimum absolute atomic E-state index is 0.341. The fourth-order valence-electron chi connectivity index (χ4n) is 0.497. The summed E-state index contributed by atoms with van der Waals surface area (Å²) in [5.41, 5.74) is 0. The SMILES string of the molecule is C=CC(=O)OCCC.O=P(O)(O)OCC(O)CO. The summed E-state index contributed by atoms with van der Waals surface area (Å²) in [6.45, 7) is 4.52. The highest BCUT2D eigenvalue weighted by atomic mass is 31.2. The maximum atomic E-state index is 10.2. The first kappa shape index (κ1) is 19.6. The largest absolute Gasteiger partial charge is 0.469 e. The van der Waals surface area contributed by atoms with E-state index in [4.69, 9.17) is 20.0 Å². The topological polar surface area (TPSA) is 134 Å². The van der Waals surface area contributed by atoms with Crippen LogP contribution in [0.2, 0.25) is 0 Å². The van der Waals surface area contributed by atoms with Gasteiger partial charge in [0.1, 0.15) is 6.10 Å². The van der Waals surface area contributed by atoms with Gasteiger partial charge in [-0.25, -0.2) is 9.36 Å². The minimum Gasteiger partial charge on any atom is -0.463 e. The van der Waals surface area contributed by atoms with E-state index in [9.17, 15) is 9.36 Å². The second-order valence-electron chi connectivity index (χ2n) is 2.99. The molecule has 0 amide bonds. The molecule has 0 fully saturated rings. The quantitative estimate of drug-likeness (QED) is 0.281. The number of carbonyl (C=O) groups excluding carboxylic acids is 1. The van der Waals surface area contributed by atoms with Gasteiger partial charge in [-0.1, -0.05) is 13.5 Å². The molecular weight excluding hydrogens is 267 g/mol. The van der Waals surface area contributed by atoms with E-state index in [0.717, 1.165) is 12.5 Å². The van der Waals surface area contributed by atoms with E-state index in [2.05, 4.69) is 15.8 Å². The second-order valence-corrected chi connectivity index (χ2v) is 4.23. The number of aliphatic hydroxyl groups excluding tert-OH is 2. The van der Waals surface area contributed by atoms with Crippen molar-refractivity contribution in [3.8, 4) is 0 Å². The lowest BCUT2D eigenvalue weighted by Crippen LogP contribution is -2.18. The Hall–Kier alpha value is -0.760. The van der Waals surface area contributed by atoms with E-state index in [1.54, 1.807) is 0 Å². The summed E-state index contributed by atoms with van der Waals surface area (Å²) in [5.74, 6) is -0.341. The first-order valence-corrected chi connectivity index (χ1v) is 6.58. The number of hydrogen-bond donors (Lipinski definition) is 4. The Morgan fingerprint density at radius 3 is 2.39 bits per heavy atom. The van der Waals surface area contributed by atoms with Gasteiger partial charge in [-0.2, -0.15) is 0 Å². The molecule has 0 saturated heterocycles. The van der Waals surface area contributed by atoms with Gasteiger partial charge in [-0.05, 0) is 6.42 Å². The highest BCUT2D eigenvalue weighted by Gasteiger charge is 2.15. The van der Waals surface area contributed by atoms with E-state index >= 15 is 0 Å². The molecule has 0 saturated carbocycles. The van der Waals surface area contributed by atoms with Gasteiger partial charge < -0.3 is 24.7 Å². The third kappa shape index (κ3) is 17.6. The predicted octanol–water partition coefficient (Wildman–Crippen LogP) is -0.425. The predicted molar refractivity (Wildman–Crippen MR) is 62.5 cm³/mol. The fourth-order valence-corrected chi connectivity index (χ4v) is 0.864. The second kappa shape index (κ2) is 11.3. The average molecular weight is 286 g/mol. The Labute approximate surface area is 105 Å². The molecule has 0 rings (SSSR count). The Kier molecular flexibility index (Phi) is 12.3. The molecule has 1 atom stereocenters. The van der Waals surface area contributed by atoms with Crippen LogP contribution in [0.5, 0.6) is 0 Å².